The van der Waals surface area contributed by atoms with Crippen molar-refractivity contribution in [3.63, 3.8) is 0 Å². The van der Waals surface area contributed by atoms with E-state index in [4.69, 9.17) is 25.8 Å². The van der Waals surface area contributed by atoms with Crippen LogP contribution in [-0.4, -0.2) is 25.6 Å². The summed E-state index contributed by atoms with van der Waals surface area (Å²) in [7, 11) is 1.54. The van der Waals surface area contributed by atoms with Crippen LogP contribution in [0.3, 0.4) is 0 Å². The number of cyclic esters (lactones) is 1. The number of ether oxygens (including phenoxy) is 3. The van der Waals surface area contributed by atoms with Crippen LogP contribution in [0.1, 0.15) is 11.1 Å². The molecule has 0 N–H and O–H groups in total. The average molecular weight is 449 g/mol. The van der Waals surface area contributed by atoms with Gasteiger partial charge < -0.3 is 14.2 Å². The number of carbonyl (C=O) groups is 1. The van der Waals surface area contributed by atoms with Crippen LogP contribution in [-0.2, 0) is 9.53 Å². The zero-order valence-corrected chi connectivity index (χ0v) is 16.7. The van der Waals surface area contributed by atoms with E-state index < -0.39 is 5.97 Å². The second-order valence-corrected chi connectivity index (χ2v) is 6.71. The van der Waals surface area contributed by atoms with Gasteiger partial charge in [-0.2, -0.15) is 0 Å². The second kappa shape index (κ2) is 8.41. The Labute approximate surface area is 170 Å². The summed E-state index contributed by atoms with van der Waals surface area (Å²) in [5.41, 5.74) is 1.42. The van der Waals surface area contributed by atoms with Crippen molar-refractivity contribution in [1.82, 2.24) is 0 Å². The highest BCUT2D eigenvalue weighted by Crippen LogP contribution is 2.37. The van der Waals surface area contributed by atoms with Crippen molar-refractivity contribution in [2.45, 2.75) is 0 Å². The molecule has 0 fully saturated rings. The third-order valence-electron chi connectivity index (χ3n) is 3.63. The van der Waals surface area contributed by atoms with Crippen LogP contribution >= 0.6 is 27.5 Å². The first-order chi connectivity index (χ1) is 13.0. The number of nitrogens with zero attached hydrogens (tertiary/aromatic N) is 1. The number of hydrogen-bond donors (Lipinski definition) is 0. The highest BCUT2D eigenvalue weighted by molar-refractivity contribution is 9.10. The van der Waals surface area contributed by atoms with Gasteiger partial charge in [0.25, 0.3) is 0 Å². The van der Waals surface area contributed by atoms with E-state index in [0.29, 0.717) is 38.7 Å². The molecule has 0 amide bonds. The molecule has 0 bridgehead atoms. The van der Waals surface area contributed by atoms with Gasteiger partial charge in [-0.25, -0.2) is 9.79 Å². The zero-order chi connectivity index (χ0) is 19.4. The van der Waals surface area contributed by atoms with Gasteiger partial charge in [0.15, 0.2) is 17.2 Å². The smallest absolute Gasteiger partial charge is 0.363 e. The molecular formula is C20H15BrClNO4. The van der Waals surface area contributed by atoms with E-state index in [1.807, 2.05) is 0 Å². The van der Waals surface area contributed by atoms with Gasteiger partial charge in [-0.15, -0.1) is 0 Å². The molecule has 0 radical (unpaired) electrons. The van der Waals surface area contributed by atoms with E-state index in [1.165, 1.54) is 7.11 Å². The lowest BCUT2D eigenvalue weighted by Gasteiger charge is -2.12. The molecule has 5 nitrogen and oxygen atoms in total. The maximum absolute atomic E-state index is 12.2. The van der Waals surface area contributed by atoms with E-state index in [0.717, 1.165) is 0 Å². The lowest BCUT2D eigenvalue weighted by atomic mass is 10.1. The predicted molar refractivity (Wildman–Crippen MR) is 108 cm³/mol. The molecule has 138 valence electrons. The number of carbonyl (C=O) groups excluding carboxylic acids is 1. The molecule has 0 aromatic heterocycles. The summed E-state index contributed by atoms with van der Waals surface area (Å²) >= 11 is 9.60. The highest BCUT2D eigenvalue weighted by Gasteiger charge is 2.25. The number of methoxy groups -OCH3 is 1. The van der Waals surface area contributed by atoms with Crippen LogP contribution in [0.2, 0.25) is 5.02 Å². The summed E-state index contributed by atoms with van der Waals surface area (Å²) in [6.45, 7) is 3.97. The van der Waals surface area contributed by atoms with E-state index in [2.05, 4.69) is 27.5 Å². The van der Waals surface area contributed by atoms with Crippen molar-refractivity contribution >= 4 is 45.5 Å². The van der Waals surface area contributed by atoms with Gasteiger partial charge in [0, 0.05) is 0 Å². The van der Waals surface area contributed by atoms with Crippen molar-refractivity contribution < 1.29 is 19.0 Å². The molecule has 1 aliphatic rings. The minimum atomic E-state index is -0.549. The molecule has 0 spiro atoms. The minimum absolute atomic E-state index is 0.165. The summed E-state index contributed by atoms with van der Waals surface area (Å²) in [6.07, 6.45) is 3.25. The molecule has 3 rings (SSSR count). The molecule has 2 aromatic rings. The number of halogens is 2. The Morgan fingerprint density at radius 2 is 2.11 bits per heavy atom. The largest absolute Gasteiger partial charge is 0.493 e. The van der Waals surface area contributed by atoms with Gasteiger partial charge in [0.1, 0.15) is 6.61 Å². The Hall–Kier alpha value is -2.57. The quantitative estimate of drug-likeness (QED) is 0.354. The predicted octanol–water partition coefficient (Wildman–Crippen LogP) is 5.02. The Kier molecular flexibility index (Phi) is 5.98. The number of benzene rings is 2. The Balaban J connectivity index is 1.96. The van der Waals surface area contributed by atoms with Crippen LogP contribution < -0.4 is 9.47 Å². The lowest BCUT2D eigenvalue weighted by Crippen LogP contribution is -2.05. The Morgan fingerprint density at radius 1 is 1.33 bits per heavy atom. The first-order valence-electron chi connectivity index (χ1n) is 7.92. The van der Waals surface area contributed by atoms with E-state index in [1.54, 1.807) is 48.6 Å². The lowest BCUT2D eigenvalue weighted by molar-refractivity contribution is -0.129. The summed E-state index contributed by atoms with van der Waals surface area (Å²) in [5.74, 6) is 0.689. The van der Waals surface area contributed by atoms with Crippen molar-refractivity contribution in [1.29, 1.82) is 0 Å². The fourth-order valence-electron chi connectivity index (χ4n) is 2.42. The Bertz CT molecular complexity index is 968. The molecule has 7 heteroatoms. The summed E-state index contributed by atoms with van der Waals surface area (Å²) < 4.78 is 16.9. The molecular weight excluding hydrogens is 434 g/mol. The molecule has 0 atom stereocenters. The third kappa shape index (κ3) is 4.23. The van der Waals surface area contributed by atoms with E-state index in [-0.39, 0.29) is 11.6 Å². The van der Waals surface area contributed by atoms with Gasteiger partial charge in [-0.05, 0) is 51.8 Å². The summed E-state index contributed by atoms with van der Waals surface area (Å²) in [6, 6.07) is 10.6. The second-order valence-electron chi connectivity index (χ2n) is 5.45. The van der Waals surface area contributed by atoms with Gasteiger partial charge >= 0.3 is 5.97 Å². The topological polar surface area (TPSA) is 57.1 Å². The fourth-order valence-corrected chi connectivity index (χ4v) is 3.21. The van der Waals surface area contributed by atoms with E-state index in [9.17, 15) is 4.79 Å². The monoisotopic (exact) mass is 447 g/mol. The molecule has 27 heavy (non-hydrogen) atoms. The SMILES string of the molecule is C=CCOc1c(Br)cc(C=C2N=C(c3ccccc3Cl)OC2=O)cc1OC. The molecule has 0 saturated heterocycles. The normalized spacial score (nSPS) is 14.7. The van der Waals surface area contributed by atoms with Gasteiger partial charge in [0.2, 0.25) is 5.90 Å². The van der Waals surface area contributed by atoms with Crippen LogP contribution in [0.25, 0.3) is 6.08 Å². The summed E-state index contributed by atoms with van der Waals surface area (Å²) in [5, 5.41) is 0.457. The molecule has 1 heterocycles. The Morgan fingerprint density at radius 3 is 2.81 bits per heavy atom. The number of aliphatic imine (C=N–C) groups is 1. The number of esters is 1. The third-order valence-corrected chi connectivity index (χ3v) is 4.54. The van der Waals surface area contributed by atoms with Crippen molar-refractivity contribution in [2.24, 2.45) is 4.99 Å². The van der Waals surface area contributed by atoms with Crippen molar-refractivity contribution in [2.75, 3.05) is 13.7 Å². The molecule has 1 aliphatic heterocycles. The minimum Gasteiger partial charge on any atom is -0.493 e. The first kappa shape index (κ1) is 19.2. The van der Waals surface area contributed by atoms with E-state index >= 15 is 0 Å². The molecule has 2 aromatic carbocycles. The highest BCUT2D eigenvalue weighted by atomic mass is 79.9. The summed E-state index contributed by atoms with van der Waals surface area (Å²) in [4.78, 5) is 16.5. The maximum Gasteiger partial charge on any atom is 0.363 e. The van der Waals surface area contributed by atoms with Crippen LogP contribution in [0, 0.1) is 0 Å². The molecule has 0 aliphatic carbocycles. The van der Waals surface area contributed by atoms with Crippen LogP contribution in [0.5, 0.6) is 11.5 Å². The zero-order valence-electron chi connectivity index (χ0n) is 14.4. The number of hydrogen-bond acceptors (Lipinski definition) is 5. The van der Waals surface area contributed by atoms with Crippen molar-refractivity contribution in [3.8, 4) is 11.5 Å². The maximum atomic E-state index is 12.2. The van der Waals surface area contributed by atoms with Gasteiger partial charge in [-0.3, -0.25) is 0 Å². The van der Waals surface area contributed by atoms with Crippen LogP contribution in [0.4, 0.5) is 0 Å². The average Bonchev–Trinajstić information content (AvgIpc) is 3.01. The molecule has 0 saturated carbocycles. The van der Waals surface area contributed by atoms with Gasteiger partial charge in [-0.1, -0.05) is 36.4 Å². The van der Waals surface area contributed by atoms with Crippen LogP contribution in [0.15, 0.2) is 64.2 Å². The standard InChI is InChI=1S/C20H15BrClNO4/c1-3-8-26-18-14(21)9-12(11-17(18)25-2)10-16-20(24)27-19(23-16)13-6-4-5-7-15(13)22/h3-7,9-11H,1,8H2,2H3. The van der Waals surface area contributed by atoms with Crippen molar-refractivity contribution in [3.05, 3.63) is 75.4 Å². The first-order valence-corrected chi connectivity index (χ1v) is 9.09. The number of rotatable bonds is 6. The molecule has 0 unspecified atom stereocenters. The fraction of sp³-hybridized carbons (Fsp3) is 0.100. The van der Waals surface area contributed by atoms with Gasteiger partial charge in [0.05, 0.1) is 22.2 Å².